The number of nitrogens with one attached hydrogen (secondary N) is 2. The molecule has 0 saturated carbocycles. The number of carbonyl (C=O) groups is 1. The van der Waals surface area contributed by atoms with Crippen molar-refractivity contribution in [2.75, 3.05) is 17.7 Å². The highest BCUT2D eigenvalue weighted by atomic mass is 16.6. The zero-order valence-electron chi connectivity index (χ0n) is 14.4. The molecule has 3 aromatic rings. The molecule has 2 aromatic carbocycles. The predicted octanol–water partition coefficient (Wildman–Crippen LogP) is 3.99. The molecule has 8 nitrogen and oxygen atoms in total. The quantitative estimate of drug-likeness (QED) is 0.506. The standard InChI is InChI=1S/C19H16N4O4/c1-27-17-9-4-14(5-10-17)21-18-11-6-15(12-20-18)22-19(24)13-2-7-16(8-3-13)23(25)26/h2-12H,1H3,(H,20,21)(H,22,24). The zero-order valence-corrected chi connectivity index (χ0v) is 14.4. The van der Waals surface area contributed by atoms with Gasteiger partial charge in [-0.3, -0.25) is 14.9 Å². The fraction of sp³-hybridized carbons (Fsp3) is 0.0526. The van der Waals surface area contributed by atoms with Crippen LogP contribution in [0.2, 0.25) is 0 Å². The van der Waals surface area contributed by atoms with E-state index >= 15 is 0 Å². The fourth-order valence-electron chi connectivity index (χ4n) is 2.30. The van der Waals surface area contributed by atoms with Gasteiger partial charge < -0.3 is 15.4 Å². The molecule has 1 amide bonds. The Morgan fingerprint density at radius 3 is 2.22 bits per heavy atom. The fourth-order valence-corrected chi connectivity index (χ4v) is 2.30. The van der Waals surface area contributed by atoms with Gasteiger partial charge in [0.15, 0.2) is 0 Å². The second kappa shape index (κ2) is 7.96. The molecule has 27 heavy (non-hydrogen) atoms. The molecule has 0 atom stereocenters. The second-order valence-electron chi connectivity index (χ2n) is 5.54. The second-order valence-corrected chi connectivity index (χ2v) is 5.54. The molecular formula is C19H16N4O4. The maximum atomic E-state index is 12.2. The van der Waals surface area contributed by atoms with Crippen molar-refractivity contribution in [1.29, 1.82) is 0 Å². The Bertz CT molecular complexity index is 939. The molecule has 2 N–H and O–H groups in total. The highest BCUT2D eigenvalue weighted by Gasteiger charge is 2.10. The molecule has 3 rings (SSSR count). The lowest BCUT2D eigenvalue weighted by molar-refractivity contribution is -0.384. The van der Waals surface area contributed by atoms with Gasteiger partial charge in [-0.15, -0.1) is 0 Å². The molecule has 0 radical (unpaired) electrons. The number of carbonyl (C=O) groups excluding carboxylic acids is 1. The first kappa shape index (κ1) is 17.9. The summed E-state index contributed by atoms with van der Waals surface area (Å²) in [6.45, 7) is 0. The lowest BCUT2D eigenvalue weighted by Gasteiger charge is -2.08. The van der Waals surface area contributed by atoms with Crippen LogP contribution in [0.25, 0.3) is 0 Å². The number of non-ortho nitro benzene ring substituents is 1. The Morgan fingerprint density at radius 2 is 1.67 bits per heavy atom. The number of methoxy groups -OCH3 is 1. The minimum Gasteiger partial charge on any atom is -0.497 e. The van der Waals surface area contributed by atoms with Crippen molar-refractivity contribution in [2.45, 2.75) is 0 Å². The van der Waals surface area contributed by atoms with Crippen LogP contribution in [-0.2, 0) is 0 Å². The summed E-state index contributed by atoms with van der Waals surface area (Å²) in [6.07, 6.45) is 1.52. The number of rotatable bonds is 6. The van der Waals surface area contributed by atoms with E-state index in [4.69, 9.17) is 4.74 Å². The van der Waals surface area contributed by atoms with Crippen LogP contribution in [0, 0.1) is 10.1 Å². The summed E-state index contributed by atoms with van der Waals surface area (Å²) in [5.41, 5.74) is 1.62. The lowest BCUT2D eigenvalue weighted by atomic mass is 10.2. The summed E-state index contributed by atoms with van der Waals surface area (Å²) in [7, 11) is 1.60. The number of anilines is 3. The highest BCUT2D eigenvalue weighted by Crippen LogP contribution is 2.20. The molecule has 8 heteroatoms. The number of nitro benzene ring substituents is 1. The number of nitrogens with zero attached hydrogens (tertiary/aromatic N) is 2. The number of hydrogen-bond donors (Lipinski definition) is 2. The van der Waals surface area contributed by atoms with Gasteiger partial charge in [0.25, 0.3) is 11.6 Å². The van der Waals surface area contributed by atoms with Gasteiger partial charge in [-0.2, -0.15) is 0 Å². The Labute approximate surface area is 155 Å². The topological polar surface area (TPSA) is 106 Å². The molecule has 0 saturated heterocycles. The number of benzene rings is 2. The summed E-state index contributed by atoms with van der Waals surface area (Å²) in [5, 5.41) is 16.5. The molecular weight excluding hydrogens is 348 g/mol. The highest BCUT2D eigenvalue weighted by molar-refractivity contribution is 6.04. The maximum absolute atomic E-state index is 12.2. The molecule has 0 aliphatic rings. The maximum Gasteiger partial charge on any atom is 0.269 e. The van der Waals surface area contributed by atoms with Crippen molar-refractivity contribution in [1.82, 2.24) is 4.98 Å². The number of hydrogen-bond acceptors (Lipinski definition) is 6. The summed E-state index contributed by atoms with van der Waals surface area (Å²) < 4.78 is 5.11. The number of ether oxygens (including phenoxy) is 1. The van der Waals surface area contributed by atoms with Crippen LogP contribution in [0.3, 0.4) is 0 Å². The molecule has 0 bridgehead atoms. The zero-order chi connectivity index (χ0) is 19.2. The van der Waals surface area contributed by atoms with Crippen molar-refractivity contribution in [3.8, 4) is 5.75 Å². The monoisotopic (exact) mass is 364 g/mol. The van der Waals surface area contributed by atoms with Gasteiger partial charge in [-0.05, 0) is 48.5 Å². The van der Waals surface area contributed by atoms with Crippen LogP contribution in [0.1, 0.15) is 10.4 Å². The van der Waals surface area contributed by atoms with E-state index in [-0.39, 0.29) is 11.6 Å². The number of nitro groups is 1. The molecule has 0 spiro atoms. The normalized spacial score (nSPS) is 10.1. The van der Waals surface area contributed by atoms with Crippen LogP contribution in [0.5, 0.6) is 5.75 Å². The van der Waals surface area contributed by atoms with Crippen molar-refractivity contribution in [3.63, 3.8) is 0 Å². The van der Waals surface area contributed by atoms with E-state index in [1.807, 2.05) is 24.3 Å². The number of aromatic nitrogens is 1. The summed E-state index contributed by atoms with van der Waals surface area (Å²) in [5.74, 6) is 1.01. The van der Waals surface area contributed by atoms with E-state index in [1.165, 1.54) is 30.5 Å². The van der Waals surface area contributed by atoms with Crippen molar-refractivity contribution >= 4 is 28.8 Å². The van der Waals surface area contributed by atoms with Crippen LogP contribution >= 0.6 is 0 Å². The van der Waals surface area contributed by atoms with E-state index in [2.05, 4.69) is 15.6 Å². The van der Waals surface area contributed by atoms with Crippen molar-refractivity contribution in [2.24, 2.45) is 0 Å². The molecule has 0 aliphatic heterocycles. The Hall–Kier alpha value is -3.94. The van der Waals surface area contributed by atoms with E-state index in [0.717, 1.165) is 11.4 Å². The summed E-state index contributed by atoms with van der Waals surface area (Å²) >= 11 is 0. The average molecular weight is 364 g/mol. The SMILES string of the molecule is COc1ccc(Nc2ccc(NC(=O)c3ccc([N+](=O)[O-])cc3)cn2)cc1. The van der Waals surface area contributed by atoms with Gasteiger partial charge in [-0.1, -0.05) is 0 Å². The van der Waals surface area contributed by atoms with E-state index in [0.29, 0.717) is 17.1 Å². The molecule has 0 unspecified atom stereocenters. The minimum absolute atomic E-state index is 0.0674. The third-order valence-corrected chi connectivity index (χ3v) is 3.72. The first-order valence-electron chi connectivity index (χ1n) is 7.98. The van der Waals surface area contributed by atoms with E-state index < -0.39 is 4.92 Å². The van der Waals surface area contributed by atoms with Gasteiger partial charge in [0.1, 0.15) is 11.6 Å². The lowest BCUT2D eigenvalue weighted by Crippen LogP contribution is -2.12. The summed E-state index contributed by atoms with van der Waals surface area (Å²) in [4.78, 5) is 26.6. The molecule has 1 aromatic heterocycles. The van der Waals surface area contributed by atoms with Gasteiger partial charge >= 0.3 is 0 Å². The average Bonchev–Trinajstić information content (AvgIpc) is 2.70. The Morgan fingerprint density at radius 1 is 1.00 bits per heavy atom. The number of pyridine rings is 1. The largest absolute Gasteiger partial charge is 0.497 e. The van der Waals surface area contributed by atoms with Crippen molar-refractivity contribution < 1.29 is 14.5 Å². The van der Waals surface area contributed by atoms with Gasteiger partial charge in [0.05, 0.1) is 23.9 Å². The third kappa shape index (κ3) is 4.57. The van der Waals surface area contributed by atoms with E-state index in [9.17, 15) is 14.9 Å². The van der Waals surface area contributed by atoms with Gasteiger partial charge in [-0.25, -0.2) is 4.98 Å². The molecule has 1 heterocycles. The third-order valence-electron chi connectivity index (χ3n) is 3.72. The van der Waals surface area contributed by atoms with Crippen LogP contribution in [0.15, 0.2) is 66.9 Å². The number of amides is 1. The van der Waals surface area contributed by atoms with Gasteiger partial charge in [0.2, 0.25) is 0 Å². The van der Waals surface area contributed by atoms with Crippen LogP contribution in [0.4, 0.5) is 22.9 Å². The van der Waals surface area contributed by atoms with Crippen LogP contribution in [-0.4, -0.2) is 22.9 Å². The smallest absolute Gasteiger partial charge is 0.269 e. The van der Waals surface area contributed by atoms with Crippen LogP contribution < -0.4 is 15.4 Å². The predicted molar refractivity (Wildman–Crippen MR) is 102 cm³/mol. The van der Waals surface area contributed by atoms with Gasteiger partial charge in [0, 0.05) is 23.4 Å². The molecule has 136 valence electrons. The van der Waals surface area contributed by atoms with Crippen molar-refractivity contribution in [3.05, 3.63) is 82.5 Å². The molecule has 0 aliphatic carbocycles. The summed E-state index contributed by atoms with van der Waals surface area (Å²) in [6, 6.07) is 16.2. The first-order valence-corrected chi connectivity index (χ1v) is 7.98. The Balaban J connectivity index is 1.62. The molecule has 0 fully saturated rings. The Kier molecular flexibility index (Phi) is 5.27. The first-order chi connectivity index (χ1) is 13.0. The van der Waals surface area contributed by atoms with E-state index in [1.54, 1.807) is 19.2 Å². The minimum atomic E-state index is -0.514.